The van der Waals surface area contributed by atoms with Gasteiger partial charge in [-0.25, -0.2) is 4.98 Å². The molecule has 0 saturated carbocycles. The molecular formula is C18H19N5O3. The van der Waals surface area contributed by atoms with E-state index in [1.807, 2.05) is 10.6 Å². The molecule has 2 aromatic heterocycles. The Kier molecular flexibility index (Phi) is 4.94. The van der Waals surface area contributed by atoms with Crippen LogP contribution in [0.5, 0.6) is 0 Å². The van der Waals surface area contributed by atoms with Crippen molar-refractivity contribution in [3.05, 3.63) is 47.9 Å². The van der Waals surface area contributed by atoms with Gasteiger partial charge in [-0.05, 0) is 30.8 Å². The third-order valence-electron chi connectivity index (χ3n) is 4.08. The molecule has 8 nitrogen and oxygen atoms in total. The van der Waals surface area contributed by atoms with Crippen molar-refractivity contribution in [2.24, 2.45) is 0 Å². The zero-order chi connectivity index (χ0) is 18.7. The Bertz CT molecular complexity index is 955. The topological polar surface area (TPSA) is 120 Å². The quantitative estimate of drug-likeness (QED) is 0.429. The van der Waals surface area contributed by atoms with E-state index in [0.717, 1.165) is 0 Å². The maximum atomic E-state index is 12.4. The number of hydrogen-bond acceptors (Lipinski definition) is 6. The van der Waals surface area contributed by atoms with Gasteiger partial charge >= 0.3 is 0 Å². The van der Waals surface area contributed by atoms with Gasteiger partial charge in [-0.3, -0.25) is 20.3 Å². The van der Waals surface area contributed by atoms with Crippen LogP contribution < -0.4 is 10.6 Å². The summed E-state index contributed by atoms with van der Waals surface area (Å²) in [7, 11) is 1.68. The number of pyridine rings is 1. The molecular weight excluding hydrogens is 334 g/mol. The summed E-state index contributed by atoms with van der Waals surface area (Å²) >= 11 is 0. The Morgan fingerprint density at radius 1 is 1.42 bits per heavy atom. The van der Waals surface area contributed by atoms with Gasteiger partial charge in [0, 0.05) is 43.5 Å². The van der Waals surface area contributed by atoms with Crippen molar-refractivity contribution >= 4 is 34.1 Å². The highest BCUT2D eigenvalue weighted by molar-refractivity contribution is 6.46. The smallest absolute Gasteiger partial charge is 0.261 e. The summed E-state index contributed by atoms with van der Waals surface area (Å²) in [5, 5.41) is 23.0. The molecule has 0 aromatic carbocycles. The second-order valence-electron chi connectivity index (χ2n) is 5.76. The highest BCUT2D eigenvalue weighted by Crippen LogP contribution is 2.31. The molecule has 0 aliphatic carbocycles. The molecule has 0 fully saturated rings. The molecule has 2 aromatic rings. The van der Waals surface area contributed by atoms with E-state index in [4.69, 9.17) is 10.5 Å². The van der Waals surface area contributed by atoms with E-state index >= 15 is 0 Å². The van der Waals surface area contributed by atoms with Gasteiger partial charge in [-0.2, -0.15) is 0 Å². The third kappa shape index (κ3) is 3.02. The number of aliphatic hydroxyl groups excluding tert-OH is 1. The zero-order valence-electron chi connectivity index (χ0n) is 14.2. The van der Waals surface area contributed by atoms with Gasteiger partial charge in [0.1, 0.15) is 5.65 Å². The SMILES string of the molecule is CN/C=C\C(=N)C1=C(c2cn(CCCO)c3ncccc23)C(=O)NC1=O. The van der Waals surface area contributed by atoms with E-state index in [1.165, 1.54) is 12.3 Å². The number of fused-ring (bicyclic) bond motifs is 1. The van der Waals surface area contributed by atoms with Crippen LogP contribution in [0.25, 0.3) is 16.6 Å². The normalized spacial score (nSPS) is 14.5. The molecule has 0 saturated heterocycles. The van der Waals surface area contributed by atoms with Crippen molar-refractivity contribution in [1.29, 1.82) is 5.41 Å². The number of aryl methyl sites for hydroxylation is 1. The zero-order valence-corrected chi connectivity index (χ0v) is 14.2. The van der Waals surface area contributed by atoms with Crippen LogP contribution in [0.15, 0.2) is 42.4 Å². The number of amides is 2. The lowest BCUT2D eigenvalue weighted by Gasteiger charge is -2.02. The maximum absolute atomic E-state index is 12.4. The monoisotopic (exact) mass is 353 g/mol. The first-order valence-electron chi connectivity index (χ1n) is 8.16. The molecule has 8 heteroatoms. The highest BCUT2D eigenvalue weighted by Gasteiger charge is 2.34. The number of rotatable bonds is 7. The first-order chi connectivity index (χ1) is 12.6. The van der Waals surface area contributed by atoms with Crippen molar-refractivity contribution in [2.75, 3.05) is 13.7 Å². The lowest BCUT2D eigenvalue weighted by molar-refractivity contribution is -0.123. The van der Waals surface area contributed by atoms with Gasteiger partial charge in [0.25, 0.3) is 11.8 Å². The van der Waals surface area contributed by atoms with Crippen molar-refractivity contribution in [1.82, 2.24) is 20.2 Å². The van der Waals surface area contributed by atoms with E-state index in [0.29, 0.717) is 29.6 Å². The molecule has 26 heavy (non-hydrogen) atoms. The van der Waals surface area contributed by atoms with Gasteiger partial charge in [0.15, 0.2) is 0 Å². The predicted octanol–water partition coefficient (Wildman–Crippen LogP) is 0.582. The lowest BCUT2D eigenvalue weighted by atomic mass is 9.98. The van der Waals surface area contributed by atoms with Crippen LogP contribution >= 0.6 is 0 Å². The molecule has 4 N–H and O–H groups in total. The number of nitrogens with zero attached hydrogens (tertiary/aromatic N) is 2. The van der Waals surface area contributed by atoms with E-state index in [2.05, 4.69) is 15.6 Å². The van der Waals surface area contributed by atoms with Crippen molar-refractivity contribution in [3.8, 4) is 0 Å². The number of nitrogens with one attached hydrogen (secondary N) is 3. The van der Waals surface area contributed by atoms with E-state index in [9.17, 15) is 9.59 Å². The van der Waals surface area contributed by atoms with Crippen LogP contribution in [-0.4, -0.2) is 45.8 Å². The molecule has 3 heterocycles. The van der Waals surface area contributed by atoms with E-state index in [1.54, 1.807) is 25.5 Å². The standard InChI is InChI=1S/C18H19N5O3/c1-20-7-5-13(19)15-14(17(25)22-18(15)26)12-10-23(8-3-9-24)16-11(12)4-2-6-21-16/h2,4-7,10,19-20,24H,3,8-9H2,1H3,(H,22,25,26)/b7-5-,19-13?. The number of imide groups is 1. The minimum absolute atomic E-state index is 0.0339. The average molecular weight is 353 g/mol. The van der Waals surface area contributed by atoms with Gasteiger partial charge in [0.05, 0.1) is 16.9 Å². The van der Waals surface area contributed by atoms with Crippen molar-refractivity contribution < 1.29 is 14.7 Å². The Hall–Kier alpha value is -3.26. The van der Waals surface area contributed by atoms with Crippen LogP contribution in [0.2, 0.25) is 0 Å². The fourth-order valence-electron chi connectivity index (χ4n) is 2.95. The van der Waals surface area contributed by atoms with Gasteiger partial charge < -0.3 is 15.0 Å². The molecule has 0 radical (unpaired) electrons. The molecule has 0 spiro atoms. The second kappa shape index (κ2) is 7.32. The number of carbonyl (C=O) groups is 2. The Morgan fingerprint density at radius 3 is 2.96 bits per heavy atom. The van der Waals surface area contributed by atoms with Crippen molar-refractivity contribution in [3.63, 3.8) is 0 Å². The van der Waals surface area contributed by atoms with Gasteiger partial charge in [0.2, 0.25) is 0 Å². The summed E-state index contributed by atoms with van der Waals surface area (Å²) in [5.74, 6) is -1.12. The number of carbonyl (C=O) groups excluding carboxylic acids is 2. The molecule has 0 atom stereocenters. The molecule has 3 rings (SSSR count). The minimum Gasteiger partial charge on any atom is -0.396 e. The molecule has 0 bridgehead atoms. The van der Waals surface area contributed by atoms with E-state index < -0.39 is 11.8 Å². The maximum Gasteiger partial charge on any atom is 0.261 e. The summed E-state index contributed by atoms with van der Waals surface area (Å²) in [4.78, 5) is 29.0. The third-order valence-corrected chi connectivity index (χ3v) is 4.08. The lowest BCUT2D eigenvalue weighted by Crippen LogP contribution is -2.24. The Labute approximate surface area is 149 Å². The first kappa shape index (κ1) is 17.6. The fourth-order valence-corrected chi connectivity index (χ4v) is 2.95. The molecule has 1 aliphatic rings. The largest absolute Gasteiger partial charge is 0.396 e. The van der Waals surface area contributed by atoms with Crippen LogP contribution in [0, 0.1) is 5.41 Å². The van der Waals surface area contributed by atoms with Crippen LogP contribution in [0.1, 0.15) is 12.0 Å². The number of aromatic nitrogens is 2. The number of allylic oxidation sites excluding steroid dienone is 1. The van der Waals surface area contributed by atoms with Gasteiger partial charge in [-0.1, -0.05) is 0 Å². The van der Waals surface area contributed by atoms with Crippen LogP contribution in [0.4, 0.5) is 0 Å². The second-order valence-corrected chi connectivity index (χ2v) is 5.76. The summed E-state index contributed by atoms with van der Waals surface area (Å²) < 4.78 is 1.84. The highest BCUT2D eigenvalue weighted by atomic mass is 16.3. The fraction of sp³-hybridized carbons (Fsp3) is 0.222. The summed E-state index contributed by atoms with van der Waals surface area (Å²) in [5.41, 5.74) is 1.35. The molecule has 0 unspecified atom stereocenters. The van der Waals surface area contributed by atoms with Crippen LogP contribution in [-0.2, 0) is 16.1 Å². The average Bonchev–Trinajstić information content (AvgIpc) is 3.14. The van der Waals surface area contributed by atoms with Crippen molar-refractivity contribution in [2.45, 2.75) is 13.0 Å². The van der Waals surface area contributed by atoms with E-state index in [-0.39, 0.29) is 23.5 Å². The Balaban J connectivity index is 2.20. The van der Waals surface area contributed by atoms with Crippen LogP contribution in [0.3, 0.4) is 0 Å². The number of hydrogen-bond donors (Lipinski definition) is 4. The first-order valence-corrected chi connectivity index (χ1v) is 8.16. The summed E-state index contributed by atoms with van der Waals surface area (Å²) in [6.07, 6.45) is 6.88. The summed E-state index contributed by atoms with van der Waals surface area (Å²) in [6.45, 7) is 0.563. The number of aliphatic hydroxyl groups is 1. The minimum atomic E-state index is -0.587. The molecule has 1 aliphatic heterocycles. The van der Waals surface area contributed by atoms with Gasteiger partial charge in [-0.15, -0.1) is 0 Å². The molecule has 2 amide bonds. The Morgan fingerprint density at radius 2 is 2.23 bits per heavy atom. The molecule has 134 valence electrons. The predicted molar refractivity (Wildman–Crippen MR) is 97.4 cm³/mol. The summed E-state index contributed by atoms with van der Waals surface area (Å²) in [6, 6.07) is 3.57.